The minimum Gasteiger partial charge on any atom is -0.389 e. The molecule has 1 saturated heterocycles. The lowest BCUT2D eigenvalue weighted by atomic mass is 9.68. The maximum atomic E-state index is 13.0. The molecule has 0 radical (unpaired) electrons. The third-order valence-corrected chi connectivity index (χ3v) is 7.63. The van der Waals surface area contributed by atoms with Crippen LogP contribution in [0.25, 0.3) is 0 Å². The number of nitrogens with zero attached hydrogens (tertiary/aromatic N) is 2. The molecule has 7 heteroatoms. The summed E-state index contributed by atoms with van der Waals surface area (Å²) in [6.07, 6.45) is 4.24. The van der Waals surface area contributed by atoms with E-state index in [1.807, 2.05) is 6.92 Å². The Kier molecular flexibility index (Phi) is 3.86. The molecule has 3 atom stereocenters. The summed E-state index contributed by atoms with van der Waals surface area (Å²) in [6.45, 7) is 5.53. The van der Waals surface area contributed by atoms with Crippen molar-refractivity contribution in [1.29, 1.82) is 0 Å². The van der Waals surface area contributed by atoms with Gasteiger partial charge in [0, 0.05) is 18.5 Å². The molecular weight excluding hydrogens is 304 g/mol. The predicted molar refractivity (Wildman–Crippen MR) is 80.9 cm³/mol. The van der Waals surface area contributed by atoms with Crippen molar-refractivity contribution in [2.24, 2.45) is 5.92 Å². The first-order chi connectivity index (χ1) is 10.3. The van der Waals surface area contributed by atoms with Crippen molar-refractivity contribution >= 4 is 10.0 Å². The summed E-state index contributed by atoms with van der Waals surface area (Å²) < 4.78 is 32.6. The van der Waals surface area contributed by atoms with Crippen LogP contribution >= 0.6 is 0 Å². The molecule has 3 rings (SSSR count). The fraction of sp³-hybridized carbons (Fsp3) is 0.800. The van der Waals surface area contributed by atoms with Gasteiger partial charge in [0.25, 0.3) is 0 Å². The zero-order chi connectivity index (χ0) is 16.1. The van der Waals surface area contributed by atoms with Crippen molar-refractivity contribution < 1.29 is 18.0 Å². The zero-order valence-corrected chi connectivity index (χ0v) is 14.2. The monoisotopic (exact) mass is 328 g/mol. The van der Waals surface area contributed by atoms with Crippen LogP contribution in [0.3, 0.4) is 0 Å². The Labute approximate surface area is 131 Å². The Morgan fingerprint density at radius 2 is 2.05 bits per heavy atom. The molecule has 1 aromatic rings. The molecule has 6 nitrogen and oxygen atoms in total. The summed E-state index contributed by atoms with van der Waals surface area (Å²) in [7, 11) is -3.64. The van der Waals surface area contributed by atoms with E-state index in [9.17, 15) is 13.5 Å². The standard InChI is InChI=1S/C15H24N2O4S/c1-10-14(12(3)21-16-10)22(19,20)17-9-8-15(18)7-5-4-6-13(15)11(17)2/h11,13,18H,4-9H2,1-3H3/t11-,13+,15-/m1/s1. The second kappa shape index (κ2) is 5.32. The third kappa shape index (κ3) is 2.30. The molecule has 0 bridgehead atoms. The number of aryl methyl sites for hydroxylation is 2. The average molecular weight is 328 g/mol. The normalized spacial score (nSPS) is 33.6. The van der Waals surface area contributed by atoms with E-state index >= 15 is 0 Å². The predicted octanol–water partition coefficient (Wildman–Crippen LogP) is 2.00. The highest BCUT2D eigenvalue weighted by molar-refractivity contribution is 7.89. The van der Waals surface area contributed by atoms with E-state index in [0.717, 1.165) is 25.7 Å². The van der Waals surface area contributed by atoms with Gasteiger partial charge < -0.3 is 9.63 Å². The van der Waals surface area contributed by atoms with E-state index in [2.05, 4.69) is 5.16 Å². The van der Waals surface area contributed by atoms with Crippen molar-refractivity contribution in [3.63, 3.8) is 0 Å². The van der Waals surface area contributed by atoms with Gasteiger partial charge in [0.1, 0.15) is 10.6 Å². The summed E-state index contributed by atoms with van der Waals surface area (Å²) in [5.41, 5.74) is -0.309. The van der Waals surface area contributed by atoms with E-state index in [4.69, 9.17) is 4.52 Å². The molecule has 124 valence electrons. The van der Waals surface area contributed by atoms with Gasteiger partial charge in [-0.1, -0.05) is 18.0 Å². The SMILES string of the molecule is Cc1noc(C)c1S(=O)(=O)N1CC[C@]2(O)CCCC[C@H]2[C@H]1C. The molecule has 2 heterocycles. The maximum absolute atomic E-state index is 13.0. The molecule has 1 saturated carbocycles. The van der Waals surface area contributed by atoms with Crippen molar-refractivity contribution in [2.45, 2.75) is 69.4 Å². The minimum atomic E-state index is -3.64. The molecule has 0 aromatic carbocycles. The van der Waals surface area contributed by atoms with Gasteiger partial charge in [-0.2, -0.15) is 4.31 Å². The lowest BCUT2D eigenvalue weighted by molar-refractivity contribution is -0.101. The number of piperidine rings is 1. The Hall–Kier alpha value is -0.920. The van der Waals surface area contributed by atoms with Crippen LogP contribution < -0.4 is 0 Å². The zero-order valence-electron chi connectivity index (χ0n) is 13.4. The van der Waals surface area contributed by atoms with Gasteiger partial charge >= 0.3 is 0 Å². The Morgan fingerprint density at radius 3 is 2.68 bits per heavy atom. The minimum absolute atomic E-state index is 0.00486. The molecule has 0 spiro atoms. The van der Waals surface area contributed by atoms with Gasteiger partial charge in [0.15, 0.2) is 5.76 Å². The smallest absolute Gasteiger partial charge is 0.248 e. The van der Waals surface area contributed by atoms with E-state index in [-0.39, 0.29) is 16.9 Å². The summed E-state index contributed by atoms with van der Waals surface area (Å²) in [5, 5.41) is 14.6. The topological polar surface area (TPSA) is 83.6 Å². The number of fused-ring (bicyclic) bond motifs is 1. The number of sulfonamides is 1. The Balaban J connectivity index is 1.96. The summed E-state index contributed by atoms with van der Waals surface area (Å²) in [4.78, 5) is 0.181. The molecule has 1 aliphatic heterocycles. The summed E-state index contributed by atoms with van der Waals surface area (Å²) in [5.74, 6) is 0.333. The van der Waals surface area contributed by atoms with Crippen LogP contribution in [0.5, 0.6) is 0 Å². The van der Waals surface area contributed by atoms with Crippen LogP contribution in [-0.2, 0) is 10.0 Å². The van der Waals surface area contributed by atoms with Crippen molar-refractivity contribution in [3.8, 4) is 0 Å². The molecule has 2 aliphatic rings. The fourth-order valence-electron chi connectivity index (χ4n) is 4.26. The second-order valence-corrected chi connectivity index (χ2v) is 8.54. The maximum Gasteiger partial charge on any atom is 0.248 e. The molecular formula is C15H24N2O4S. The van der Waals surface area contributed by atoms with Crippen LogP contribution in [0.2, 0.25) is 0 Å². The largest absolute Gasteiger partial charge is 0.389 e. The molecule has 0 amide bonds. The lowest BCUT2D eigenvalue weighted by Gasteiger charge is -2.50. The first-order valence-electron chi connectivity index (χ1n) is 7.94. The van der Waals surface area contributed by atoms with Crippen LogP contribution in [0.4, 0.5) is 0 Å². The summed E-state index contributed by atoms with van der Waals surface area (Å²) in [6, 6.07) is -0.210. The number of hydrogen-bond donors (Lipinski definition) is 1. The molecule has 1 aliphatic carbocycles. The second-order valence-electron chi connectivity index (χ2n) is 6.72. The van der Waals surface area contributed by atoms with E-state index < -0.39 is 15.6 Å². The Bertz CT molecular complexity index is 650. The Morgan fingerprint density at radius 1 is 1.32 bits per heavy atom. The molecule has 1 aromatic heterocycles. The fourth-order valence-corrected chi connectivity index (χ4v) is 6.22. The van der Waals surface area contributed by atoms with Crippen LogP contribution in [0.15, 0.2) is 9.42 Å². The molecule has 0 unspecified atom stereocenters. The van der Waals surface area contributed by atoms with E-state index in [0.29, 0.717) is 24.4 Å². The first kappa shape index (κ1) is 16.0. The highest BCUT2D eigenvalue weighted by Gasteiger charge is 2.50. The van der Waals surface area contributed by atoms with Gasteiger partial charge in [-0.25, -0.2) is 8.42 Å². The van der Waals surface area contributed by atoms with Gasteiger partial charge in [-0.05, 0) is 40.0 Å². The number of aromatic nitrogens is 1. The van der Waals surface area contributed by atoms with Crippen molar-refractivity contribution in [3.05, 3.63) is 11.5 Å². The third-order valence-electron chi connectivity index (χ3n) is 5.40. The highest BCUT2D eigenvalue weighted by atomic mass is 32.2. The van der Waals surface area contributed by atoms with Crippen molar-refractivity contribution in [1.82, 2.24) is 9.46 Å². The summed E-state index contributed by atoms with van der Waals surface area (Å²) >= 11 is 0. The van der Waals surface area contributed by atoms with Gasteiger partial charge in [0.2, 0.25) is 10.0 Å². The van der Waals surface area contributed by atoms with Crippen LogP contribution in [-0.4, -0.2) is 41.2 Å². The average Bonchev–Trinajstić information content (AvgIpc) is 2.78. The first-order valence-corrected chi connectivity index (χ1v) is 9.38. The van der Waals surface area contributed by atoms with E-state index in [1.165, 1.54) is 4.31 Å². The number of hydrogen-bond acceptors (Lipinski definition) is 5. The van der Waals surface area contributed by atoms with Crippen LogP contribution in [0.1, 0.15) is 50.5 Å². The van der Waals surface area contributed by atoms with Crippen LogP contribution in [0, 0.1) is 19.8 Å². The molecule has 2 fully saturated rings. The molecule has 1 N–H and O–H groups in total. The molecule has 22 heavy (non-hydrogen) atoms. The van der Waals surface area contributed by atoms with E-state index in [1.54, 1.807) is 13.8 Å². The van der Waals surface area contributed by atoms with Gasteiger partial charge in [-0.15, -0.1) is 0 Å². The highest BCUT2D eigenvalue weighted by Crippen LogP contribution is 2.44. The number of aliphatic hydroxyl groups is 1. The van der Waals surface area contributed by atoms with Gasteiger partial charge in [0.05, 0.1) is 5.60 Å². The number of rotatable bonds is 2. The lowest BCUT2D eigenvalue weighted by Crippen LogP contribution is -2.59. The quantitative estimate of drug-likeness (QED) is 0.897. The van der Waals surface area contributed by atoms with Gasteiger partial charge in [-0.3, -0.25) is 0 Å². The van der Waals surface area contributed by atoms with Crippen molar-refractivity contribution in [2.75, 3.05) is 6.54 Å².